The van der Waals surface area contributed by atoms with Gasteiger partial charge in [0.2, 0.25) is 5.91 Å². The van der Waals surface area contributed by atoms with Crippen molar-refractivity contribution in [3.8, 4) is 0 Å². The monoisotopic (exact) mass is 1030 g/mol. The lowest BCUT2D eigenvalue weighted by Gasteiger charge is -2.20. The first-order chi connectivity index (χ1) is 36.0. The molecule has 6 heteroatoms. The van der Waals surface area contributed by atoms with Crippen LogP contribution in [0.1, 0.15) is 367 Å². The Hall–Kier alpha value is -1.66. The first kappa shape index (κ1) is 71.3. The molecule has 0 aromatic heterocycles. The van der Waals surface area contributed by atoms with E-state index in [1.807, 2.05) is 6.08 Å². The Morgan fingerprint density at radius 3 is 0.973 bits per heavy atom. The number of amides is 1. The van der Waals surface area contributed by atoms with Crippen molar-refractivity contribution in [3.63, 3.8) is 0 Å². The fraction of sp³-hybridized carbons (Fsp3) is 0.910. The average molecular weight is 1030 g/mol. The van der Waals surface area contributed by atoms with Crippen LogP contribution in [0.5, 0.6) is 0 Å². The summed E-state index contributed by atoms with van der Waals surface area (Å²) in [5.41, 5.74) is 0. The Morgan fingerprint density at radius 1 is 0.370 bits per heavy atom. The van der Waals surface area contributed by atoms with Gasteiger partial charge in [0.05, 0.1) is 25.4 Å². The summed E-state index contributed by atoms with van der Waals surface area (Å²) in [6, 6.07) is -0.630. The molecule has 6 nitrogen and oxygen atoms in total. The van der Waals surface area contributed by atoms with Gasteiger partial charge in [-0.3, -0.25) is 9.59 Å². The van der Waals surface area contributed by atoms with E-state index in [0.29, 0.717) is 19.4 Å². The van der Waals surface area contributed by atoms with Crippen LogP contribution in [-0.2, 0) is 14.3 Å². The summed E-state index contributed by atoms with van der Waals surface area (Å²) in [5.74, 6) is -0.0641. The largest absolute Gasteiger partial charge is 0.466 e. The molecule has 73 heavy (non-hydrogen) atoms. The standard InChI is InChI=1S/C67H129NO5/c1-3-5-7-9-11-13-15-17-19-20-21-22-23-26-29-32-35-39-43-47-51-55-59-65(70)64(63-69)68-66(71)60-56-52-48-44-40-36-33-30-27-24-25-28-31-34-38-42-46-50-54-58-62-73-67(72)61-57-53-49-45-41-37-18-16-14-12-10-8-6-4-2/h16,18,55,59,64-65,69-70H,3-15,17,19-54,56-58,60-63H2,1-2H3,(H,68,71)/b18-16-,59-55+. The number of ether oxygens (including phenoxy) is 1. The number of esters is 1. The maximum Gasteiger partial charge on any atom is 0.305 e. The van der Waals surface area contributed by atoms with Crippen molar-refractivity contribution in [2.24, 2.45) is 0 Å². The van der Waals surface area contributed by atoms with E-state index in [0.717, 1.165) is 44.9 Å². The second-order valence-electron chi connectivity index (χ2n) is 22.8. The van der Waals surface area contributed by atoms with Gasteiger partial charge in [0, 0.05) is 12.8 Å². The van der Waals surface area contributed by atoms with Crippen LogP contribution in [0.15, 0.2) is 24.3 Å². The number of hydrogen-bond donors (Lipinski definition) is 3. The molecule has 3 N–H and O–H groups in total. The van der Waals surface area contributed by atoms with E-state index in [9.17, 15) is 19.8 Å². The summed E-state index contributed by atoms with van der Waals surface area (Å²) in [6.45, 7) is 4.92. The smallest absolute Gasteiger partial charge is 0.305 e. The Labute approximate surface area is 456 Å². The zero-order valence-electron chi connectivity index (χ0n) is 49.4. The van der Waals surface area contributed by atoms with Crippen LogP contribution in [0.4, 0.5) is 0 Å². The number of aliphatic hydroxyl groups excluding tert-OH is 2. The molecule has 0 heterocycles. The molecule has 0 aliphatic rings. The van der Waals surface area contributed by atoms with Crippen molar-refractivity contribution in [3.05, 3.63) is 24.3 Å². The van der Waals surface area contributed by atoms with Crippen molar-refractivity contribution in [2.75, 3.05) is 13.2 Å². The molecule has 0 aliphatic heterocycles. The van der Waals surface area contributed by atoms with E-state index < -0.39 is 12.1 Å². The predicted molar refractivity (Wildman–Crippen MR) is 320 cm³/mol. The van der Waals surface area contributed by atoms with Gasteiger partial charge in [-0.25, -0.2) is 0 Å². The Bertz CT molecular complexity index is 1140. The summed E-state index contributed by atoms with van der Waals surface area (Å²) in [7, 11) is 0. The highest BCUT2D eigenvalue weighted by Crippen LogP contribution is 2.18. The Balaban J connectivity index is 3.42. The maximum atomic E-state index is 12.5. The fourth-order valence-electron chi connectivity index (χ4n) is 10.4. The third-order valence-corrected chi connectivity index (χ3v) is 15.5. The molecule has 432 valence electrons. The summed E-state index contributed by atoms with van der Waals surface area (Å²) >= 11 is 0. The Kier molecular flexibility index (Phi) is 61.4. The number of nitrogens with one attached hydrogen (secondary N) is 1. The maximum absolute atomic E-state index is 12.5. The second kappa shape index (κ2) is 62.9. The third-order valence-electron chi connectivity index (χ3n) is 15.5. The second-order valence-corrected chi connectivity index (χ2v) is 22.8. The molecular weight excluding hydrogens is 899 g/mol. The molecule has 0 bridgehead atoms. The lowest BCUT2D eigenvalue weighted by atomic mass is 10.0. The molecule has 2 atom stereocenters. The van der Waals surface area contributed by atoms with E-state index in [-0.39, 0.29) is 18.5 Å². The molecule has 0 spiro atoms. The summed E-state index contributed by atoms with van der Waals surface area (Å²) in [5, 5.41) is 23.2. The summed E-state index contributed by atoms with van der Waals surface area (Å²) < 4.78 is 5.48. The van der Waals surface area contributed by atoms with Crippen LogP contribution in [0.25, 0.3) is 0 Å². The SMILES string of the molecule is CCCCCCC/C=C\CCCCCCCC(=O)OCCCCCCCCCCCCCCCCCCCCCCC(=O)NC(CO)C(O)/C=C/CCCCCCCCCCCCCCCCCCCCCC. The summed E-state index contributed by atoms with van der Waals surface area (Å²) in [6.07, 6.45) is 78.0. The van der Waals surface area contributed by atoms with Crippen LogP contribution in [0, 0.1) is 0 Å². The normalized spacial score (nSPS) is 12.7. The van der Waals surface area contributed by atoms with E-state index in [4.69, 9.17) is 4.74 Å². The molecule has 0 saturated carbocycles. The van der Waals surface area contributed by atoms with Crippen LogP contribution in [0.2, 0.25) is 0 Å². The number of rotatable bonds is 62. The minimum Gasteiger partial charge on any atom is -0.466 e. The number of unbranched alkanes of at least 4 members (excludes halogenated alkanes) is 49. The molecule has 1 amide bonds. The topological polar surface area (TPSA) is 95.9 Å². The lowest BCUT2D eigenvalue weighted by Crippen LogP contribution is -2.45. The van der Waals surface area contributed by atoms with Crippen molar-refractivity contribution >= 4 is 11.9 Å². The van der Waals surface area contributed by atoms with Gasteiger partial charge in [-0.15, -0.1) is 0 Å². The van der Waals surface area contributed by atoms with Gasteiger partial charge < -0.3 is 20.3 Å². The van der Waals surface area contributed by atoms with Gasteiger partial charge in [-0.2, -0.15) is 0 Å². The zero-order chi connectivity index (χ0) is 52.9. The molecule has 0 rings (SSSR count). The van der Waals surface area contributed by atoms with Gasteiger partial charge in [0.25, 0.3) is 0 Å². The molecule has 0 aliphatic carbocycles. The first-order valence-corrected chi connectivity index (χ1v) is 33.1. The highest BCUT2D eigenvalue weighted by molar-refractivity contribution is 5.76. The number of allylic oxidation sites excluding steroid dienone is 3. The Morgan fingerprint density at radius 2 is 0.644 bits per heavy atom. The quantitative estimate of drug-likeness (QED) is 0.0320. The van der Waals surface area contributed by atoms with Crippen molar-refractivity contribution < 1.29 is 24.5 Å². The van der Waals surface area contributed by atoms with E-state index in [2.05, 4.69) is 31.3 Å². The van der Waals surface area contributed by atoms with Gasteiger partial charge in [0.1, 0.15) is 0 Å². The van der Waals surface area contributed by atoms with Gasteiger partial charge in [-0.1, -0.05) is 321 Å². The number of carbonyl (C=O) groups is 2. The third kappa shape index (κ3) is 59.4. The van der Waals surface area contributed by atoms with Crippen molar-refractivity contribution in [1.82, 2.24) is 5.32 Å². The highest BCUT2D eigenvalue weighted by atomic mass is 16.5. The fourth-order valence-corrected chi connectivity index (χ4v) is 10.4. The minimum atomic E-state index is -0.847. The summed E-state index contributed by atoms with van der Waals surface area (Å²) in [4.78, 5) is 24.6. The number of aliphatic hydroxyl groups is 2. The van der Waals surface area contributed by atoms with Crippen LogP contribution in [-0.4, -0.2) is 47.4 Å². The van der Waals surface area contributed by atoms with Gasteiger partial charge >= 0.3 is 5.97 Å². The van der Waals surface area contributed by atoms with Gasteiger partial charge in [-0.05, 0) is 57.8 Å². The van der Waals surface area contributed by atoms with Gasteiger partial charge in [0.15, 0.2) is 0 Å². The van der Waals surface area contributed by atoms with E-state index in [1.54, 1.807) is 6.08 Å². The van der Waals surface area contributed by atoms with Crippen LogP contribution < -0.4 is 5.32 Å². The molecule has 0 fully saturated rings. The minimum absolute atomic E-state index is 0.00209. The van der Waals surface area contributed by atoms with Crippen LogP contribution in [0.3, 0.4) is 0 Å². The van der Waals surface area contributed by atoms with Crippen molar-refractivity contribution in [1.29, 1.82) is 0 Å². The van der Waals surface area contributed by atoms with E-state index in [1.165, 1.54) is 295 Å². The molecule has 2 unspecified atom stereocenters. The molecule has 0 saturated heterocycles. The first-order valence-electron chi connectivity index (χ1n) is 33.1. The van der Waals surface area contributed by atoms with Crippen LogP contribution >= 0.6 is 0 Å². The molecule has 0 aromatic rings. The number of hydrogen-bond acceptors (Lipinski definition) is 5. The molecule has 0 aromatic carbocycles. The average Bonchev–Trinajstić information content (AvgIpc) is 3.39. The van der Waals surface area contributed by atoms with E-state index >= 15 is 0 Å². The molecule has 0 radical (unpaired) electrons. The highest BCUT2D eigenvalue weighted by Gasteiger charge is 2.18. The predicted octanol–water partition coefficient (Wildman–Crippen LogP) is 21.0. The zero-order valence-corrected chi connectivity index (χ0v) is 49.4. The van der Waals surface area contributed by atoms with Crippen molar-refractivity contribution in [2.45, 2.75) is 379 Å². The molecular formula is C67H129NO5. The lowest BCUT2D eigenvalue weighted by molar-refractivity contribution is -0.143. The number of carbonyl (C=O) groups excluding carboxylic acids is 2.